The molecule has 152 valence electrons. The second kappa shape index (κ2) is 10.4. The van der Waals surface area contributed by atoms with Gasteiger partial charge >= 0.3 is 0 Å². The smallest absolute Gasteiger partial charge is 0.240 e. The number of benzene rings is 2. The Bertz CT molecular complexity index is 919. The molecular formula is C19H22Cl2N2O3S2. The van der Waals surface area contributed by atoms with E-state index in [1.54, 1.807) is 11.8 Å². The lowest BCUT2D eigenvalue weighted by molar-refractivity contribution is -0.119. The number of halogens is 2. The Balaban J connectivity index is 1.85. The Morgan fingerprint density at radius 1 is 1.14 bits per heavy atom. The van der Waals surface area contributed by atoms with Gasteiger partial charge in [0.15, 0.2) is 0 Å². The highest BCUT2D eigenvalue weighted by atomic mass is 35.5. The van der Waals surface area contributed by atoms with Crippen molar-refractivity contribution in [1.29, 1.82) is 0 Å². The second-order valence-electron chi connectivity index (χ2n) is 6.23. The van der Waals surface area contributed by atoms with E-state index in [0.29, 0.717) is 11.6 Å². The molecule has 1 amide bonds. The maximum atomic E-state index is 12.2. The Hall–Kier alpha value is -1.41. The highest BCUT2D eigenvalue weighted by Crippen LogP contribution is 2.30. The molecule has 0 bridgehead atoms. The van der Waals surface area contributed by atoms with Crippen LogP contribution in [0.15, 0.2) is 47.4 Å². The fourth-order valence-electron chi connectivity index (χ4n) is 2.38. The first kappa shape index (κ1) is 22.9. The van der Waals surface area contributed by atoms with Crippen LogP contribution in [0.3, 0.4) is 0 Å². The third-order valence-electron chi connectivity index (χ3n) is 3.80. The normalized spacial score (nSPS) is 11.3. The summed E-state index contributed by atoms with van der Waals surface area (Å²) >= 11 is 13.7. The molecule has 0 heterocycles. The molecule has 0 atom stereocenters. The average Bonchev–Trinajstić information content (AvgIpc) is 2.61. The lowest BCUT2D eigenvalue weighted by Gasteiger charge is -2.23. The molecule has 0 unspecified atom stereocenters. The summed E-state index contributed by atoms with van der Waals surface area (Å²) < 4.78 is 25.2. The van der Waals surface area contributed by atoms with Gasteiger partial charge in [0.2, 0.25) is 15.9 Å². The summed E-state index contributed by atoms with van der Waals surface area (Å²) in [5, 5.41) is 3.31. The number of amides is 1. The van der Waals surface area contributed by atoms with Gasteiger partial charge in [0.25, 0.3) is 0 Å². The van der Waals surface area contributed by atoms with Crippen molar-refractivity contribution in [2.45, 2.75) is 18.2 Å². The number of aryl methyl sites for hydroxylation is 1. The van der Waals surface area contributed by atoms with Crippen molar-refractivity contribution in [3.63, 3.8) is 0 Å². The zero-order valence-electron chi connectivity index (χ0n) is 15.6. The number of carbonyl (C=O) groups is 1. The van der Waals surface area contributed by atoms with Gasteiger partial charge in [0.1, 0.15) is 6.54 Å². The topological polar surface area (TPSA) is 66.5 Å². The summed E-state index contributed by atoms with van der Waals surface area (Å²) in [6.45, 7) is 2.16. The number of sulfonamides is 1. The van der Waals surface area contributed by atoms with Crippen LogP contribution >= 0.6 is 35.0 Å². The predicted octanol–water partition coefficient (Wildman–Crippen LogP) is 4.37. The maximum Gasteiger partial charge on any atom is 0.240 e. The van der Waals surface area contributed by atoms with Crippen LogP contribution in [0.5, 0.6) is 0 Å². The van der Waals surface area contributed by atoms with Gasteiger partial charge in [-0.05, 0) is 49.4 Å². The minimum Gasteiger partial charge on any atom is -0.354 e. The SMILES string of the molecule is Cc1ccc(SCCCNC(=O)CN(c2ccc(Cl)cc2Cl)S(C)(=O)=O)cc1. The molecule has 9 heteroatoms. The fraction of sp³-hybridized carbons (Fsp3) is 0.316. The number of hydrogen-bond donors (Lipinski definition) is 1. The highest BCUT2D eigenvalue weighted by molar-refractivity contribution is 7.99. The van der Waals surface area contributed by atoms with Crippen molar-refractivity contribution in [3.8, 4) is 0 Å². The standard InChI is InChI=1S/C19H22Cl2N2O3S2/c1-14-4-7-16(8-5-14)27-11-3-10-22-19(24)13-23(28(2,25)26)18-9-6-15(20)12-17(18)21/h4-9,12H,3,10-11,13H2,1-2H3,(H,22,24). The van der Waals surface area contributed by atoms with Crippen molar-refractivity contribution in [2.24, 2.45) is 0 Å². The molecule has 2 aromatic carbocycles. The van der Waals surface area contributed by atoms with E-state index in [-0.39, 0.29) is 17.3 Å². The minimum absolute atomic E-state index is 0.167. The van der Waals surface area contributed by atoms with Crippen LogP contribution < -0.4 is 9.62 Å². The van der Waals surface area contributed by atoms with Gasteiger partial charge in [-0.3, -0.25) is 9.10 Å². The molecule has 2 aromatic rings. The van der Waals surface area contributed by atoms with E-state index in [2.05, 4.69) is 29.6 Å². The summed E-state index contributed by atoms with van der Waals surface area (Å²) in [7, 11) is -3.68. The molecule has 0 fully saturated rings. The van der Waals surface area contributed by atoms with Crippen molar-refractivity contribution in [1.82, 2.24) is 5.32 Å². The first-order chi connectivity index (χ1) is 13.2. The van der Waals surface area contributed by atoms with E-state index < -0.39 is 15.9 Å². The van der Waals surface area contributed by atoms with Gasteiger partial charge in [-0.2, -0.15) is 0 Å². The van der Waals surface area contributed by atoms with E-state index in [0.717, 1.165) is 22.7 Å². The first-order valence-electron chi connectivity index (χ1n) is 8.56. The molecule has 0 aliphatic rings. The van der Waals surface area contributed by atoms with Crippen molar-refractivity contribution in [2.75, 3.05) is 29.4 Å². The van der Waals surface area contributed by atoms with Gasteiger partial charge in [-0.15, -0.1) is 11.8 Å². The summed E-state index contributed by atoms with van der Waals surface area (Å²) in [6, 6.07) is 12.7. The second-order valence-corrected chi connectivity index (χ2v) is 10.1. The van der Waals surface area contributed by atoms with Crippen LogP contribution in [-0.2, 0) is 14.8 Å². The maximum absolute atomic E-state index is 12.2. The summed E-state index contributed by atoms with van der Waals surface area (Å²) in [6.07, 6.45) is 1.80. The third kappa shape index (κ3) is 7.20. The van der Waals surface area contributed by atoms with Gasteiger partial charge in [0, 0.05) is 16.5 Å². The highest BCUT2D eigenvalue weighted by Gasteiger charge is 2.23. The number of anilines is 1. The van der Waals surface area contributed by atoms with Crippen LogP contribution in [-0.4, -0.2) is 39.4 Å². The molecule has 28 heavy (non-hydrogen) atoms. The summed E-state index contributed by atoms with van der Waals surface area (Å²) in [4.78, 5) is 13.4. The van der Waals surface area contributed by atoms with E-state index in [1.165, 1.54) is 28.7 Å². The Morgan fingerprint density at radius 3 is 2.43 bits per heavy atom. The van der Waals surface area contributed by atoms with Gasteiger partial charge in [0.05, 0.1) is 17.0 Å². The Kier molecular flexibility index (Phi) is 8.49. The zero-order chi connectivity index (χ0) is 20.7. The summed E-state index contributed by atoms with van der Waals surface area (Å²) in [5.41, 5.74) is 1.44. The zero-order valence-corrected chi connectivity index (χ0v) is 18.8. The molecule has 0 aromatic heterocycles. The molecule has 0 aliphatic carbocycles. The molecule has 5 nitrogen and oxygen atoms in total. The van der Waals surface area contributed by atoms with Crippen LogP contribution in [0, 0.1) is 6.92 Å². The van der Waals surface area contributed by atoms with Crippen LogP contribution in [0.2, 0.25) is 10.0 Å². The number of carbonyl (C=O) groups excluding carboxylic acids is 1. The minimum atomic E-state index is -3.68. The lowest BCUT2D eigenvalue weighted by atomic mass is 10.2. The molecule has 2 rings (SSSR count). The van der Waals surface area contributed by atoms with E-state index >= 15 is 0 Å². The number of nitrogens with one attached hydrogen (secondary N) is 1. The van der Waals surface area contributed by atoms with Crippen LogP contribution in [0.25, 0.3) is 0 Å². The van der Waals surface area contributed by atoms with E-state index in [1.807, 2.05) is 6.92 Å². The molecule has 1 N–H and O–H groups in total. The number of hydrogen-bond acceptors (Lipinski definition) is 4. The third-order valence-corrected chi connectivity index (χ3v) is 6.56. The largest absolute Gasteiger partial charge is 0.354 e. The van der Waals surface area contributed by atoms with Crippen molar-refractivity contribution >= 4 is 56.6 Å². The van der Waals surface area contributed by atoms with E-state index in [4.69, 9.17) is 23.2 Å². The van der Waals surface area contributed by atoms with Crippen molar-refractivity contribution in [3.05, 3.63) is 58.1 Å². The monoisotopic (exact) mass is 460 g/mol. The van der Waals surface area contributed by atoms with Gasteiger partial charge in [-0.1, -0.05) is 40.9 Å². The lowest BCUT2D eigenvalue weighted by Crippen LogP contribution is -2.40. The predicted molar refractivity (Wildman–Crippen MR) is 118 cm³/mol. The molecule has 0 saturated carbocycles. The van der Waals surface area contributed by atoms with E-state index in [9.17, 15) is 13.2 Å². The summed E-state index contributed by atoms with van der Waals surface area (Å²) in [5.74, 6) is 0.457. The van der Waals surface area contributed by atoms with Crippen LogP contribution in [0.4, 0.5) is 5.69 Å². The quantitative estimate of drug-likeness (QED) is 0.445. The van der Waals surface area contributed by atoms with Gasteiger partial charge < -0.3 is 5.32 Å². The fourth-order valence-corrected chi connectivity index (χ4v) is 4.66. The Morgan fingerprint density at radius 2 is 1.82 bits per heavy atom. The van der Waals surface area contributed by atoms with Crippen molar-refractivity contribution < 1.29 is 13.2 Å². The molecular weight excluding hydrogens is 439 g/mol. The molecule has 0 aliphatic heterocycles. The molecule has 0 radical (unpaired) electrons. The number of nitrogens with zero attached hydrogens (tertiary/aromatic N) is 1. The Labute approximate surface area is 180 Å². The van der Waals surface area contributed by atoms with Crippen LogP contribution in [0.1, 0.15) is 12.0 Å². The molecule has 0 saturated heterocycles. The van der Waals surface area contributed by atoms with Gasteiger partial charge in [-0.25, -0.2) is 8.42 Å². The first-order valence-corrected chi connectivity index (χ1v) is 12.1. The number of rotatable bonds is 9. The number of thioether (sulfide) groups is 1. The molecule has 0 spiro atoms. The average molecular weight is 461 g/mol.